The number of piperazine rings is 1. The van der Waals surface area contributed by atoms with Crippen molar-refractivity contribution >= 4 is 29.9 Å². The van der Waals surface area contributed by atoms with E-state index in [9.17, 15) is 0 Å². The number of aryl methyl sites for hydroxylation is 1. The van der Waals surface area contributed by atoms with E-state index in [-0.39, 0.29) is 24.0 Å². The van der Waals surface area contributed by atoms with Crippen molar-refractivity contribution < 1.29 is 4.74 Å². The minimum Gasteiger partial charge on any atom is -0.497 e. The molecule has 1 aliphatic rings. The van der Waals surface area contributed by atoms with Crippen molar-refractivity contribution in [1.82, 2.24) is 29.9 Å². The lowest BCUT2D eigenvalue weighted by molar-refractivity contribution is 0.172. The van der Waals surface area contributed by atoms with Crippen LogP contribution in [0.15, 0.2) is 59.6 Å². The highest BCUT2D eigenvalue weighted by molar-refractivity contribution is 14.0. The highest BCUT2D eigenvalue weighted by Gasteiger charge is 2.20. The van der Waals surface area contributed by atoms with Crippen LogP contribution in [-0.2, 0) is 26.7 Å². The van der Waals surface area contributed by atoms with Gasteiger partial charge in [-0.3, -0.25) is 4.90 Å². The normalized spacial score (nSPS) is 14.6. The third kappa shape index (κ3) is 6.92. The van der Waals surface area contributed by atoms with Crippen molar-refractivity contribution in [2.75, 3.05) is 33.3 Å². The summed E-state index contributed by atoms with van der Waals surface area (Å²) in [5, 5.41) is 12.0. The molecule has 0 bridgehead atoms. The lowest BCUT2D eigenvalue weighted by atomic mass is 10.2. The predicted octanol–water partition coefficient (Wildman–Crippen LogP) is 3.21. The number of nitrogens with one attached hydrogen (secondary N) is 1. The summed E-state index contributed by atoms with van der Waals surface area (Å²) in [6.45, 7) is 8.00. The molecule has 3 aromatic rings. The number of nitrogens with zero attached hydrogens (tertiary/aromatic N) is 6. The molecule has 0 unspecified atom stereocenters. The van der Waals surface area contributed by atoms with E-state index in [0.717, 1.165) is 61.6 Å². The number of hydrogen-bond donors (Lipinski definition) is 1. The van der Waals surface area contributed by atoms with Crippen molar-refractivity contribution in [2.45, 2.75) is 26.6 Å². The van der Waals surface area contributed by atoms with Crippen LogP contribution in [0.3, 0.4) is 0 Å². The minimum atomic E-state index is 0. The number of hydrogen-bond acceptors (Lipinski definition) is 5. The molecule has 0 radical (unpaired) electrons. The summed E-state index contributed by atoms with van der Waals surface area (Å²) in [5.74, 6) is 3.56. The Morgan fingerprint density at radius 2 is 1.68 bits per heavy atom. The van der Waals surface area contributed by atoms with Gasteiger partial charge in [0.1, 0.15) is 11.6 Å². The number of benzene rings is 2. The zero-order valence-electron chi connectivity index (χ0n) is 20.1. The largest absolute Gasteiger partial charge is 0.497 e. The molecule has 0 atom stereocenters. The molecule has 34 heavy (non-hydrogen) atoms. The molecule has 1 saturated heterocycles. The van der Waals surface area contributed by atoms with Gasteiger partial charge in [-0.05, 0) is 30.2 Å². The van der Waals surface area contributed by atoms with Crippen LogP contribution in [-0.4, -0.2) is 63.8 Å². The topological polar surface area (TPSA) is 70.8 Å². The van der Waals surface area contributed by atoms with E-state index in [0.29, 0.717) is 13.1 Å². The van der Waals surface area contributed by atoms with Gasteiger partial charge >= 0.3 is 0 Å². The second kappa shape index (κ2) is 12.7. The first kappa shape index (κ1) is 26.0. The van der Waals surface area contributed by atoms with Crippen molar-refractivity contribution in [2.24, 2.45) is 12.0 Å². The molecule has 4 rings (SSSR count). The SMILES string of the molecule is COc1ccc(CN=C(NCc2nnc(C)n2C)N2CCN(Cc3ccccc3)CC2)cc1.I. The maximum atomic E-state index is 5.27. The number of guanidine groups is 1. The van der Waals surface area contributed by atoms with E-state index >= 15 is 0 Å². The lowest BCUT2D eigenvalue weighted by Gasteiger charge is -2.36. The average molecular weight is 575 g/mol. The van der Waals surface area contributed by atoms with Crippen LogP contribution in [0.5, 0.6) is 5.75 Å². The maximum absolute atomic E-state index is 5.27. The van der Waals surface area contributed by atoms with Gasteiger partial charge in [-0.1, -0.05) is 42.5 Å². The Labute approximate surface area is 219 Å². The summed E-state index contributed by atoms with van der Waals surface area (Å²) in [4.78, 5) is 9.79. The Bertz CT molecular complexity index is 1040. The molecule has 9 heteroatoms. The molecule has 182 valence electrons. The lowest BCUT2D eigenvalue weighted by Crippen LogP contribution is -2.52. The first-order chi connectivity index (χ1) is 16.1. The van der Waals surface area contributed by atoms with E-state index in [4.69, 9.17) is 9.73 Å². The van der Waals surface area contributed by atoms with Gasteiger partial charge in [-0.2, -0.15) is 0 Å². The number of methoxy groups -OCH3 is 1. The zero-order chi connectivity index (χ0) is 23.0. The molecule has 0 amide bonds. The van der Waals surface area contributed by atoms with Gasteiger partial charge in [0.2, 0.25) is 0 Å². The Morgan fingerprint density at radius 1 is 0.971 bits per heavy atom. The zero-order valence-corrected chi connectivity index (χ0v) is 22.5. The molecule has 1 fully saturated rings. The Balaban J connectivity index is 0.00000324. The summed E-state index contributed by atoms with van der Waals surface area (Å²) in [6.07, 6.45) is 0. The van der Waals surface area contributed by atoms with Crippen molar-refractivity contribution in [3.8, 4) is 5.75 Å². The van der Waals surface area contributed by atoms with E-state index < -0.39 is 0 Å². The quantitative estimate of drug-likeness (QED) is 0.265. The first-order valence-corrected chi connectivity index (χ1v) is 11.4. The molecule has 1 aliphatic heterocycles. The molecule has 0 aliphatic carbocycles. The van der Waals surface area contributed by atoms with Crippen LogP contribution in [0.1, 0.15) is 22.8 Å². The van der Waals surface area contributed by atoms with Crippen LogP contribution < -0.4 is 10.1 Å². The van der Waals surface area contributed by atoms with Crippen LogP contribution in [0, 0.1) is 6.92 Å². The van der Waals surface area contributed by atoms with Gasteiger partial charge in [0.25, 0.3) is 0 Å². The number of rotatable bonds is 7. The Morgan fingerprint density at radius 3 is 2.29 bits per heavy atom. The van der Waals surface area contributed by atoms with Crippen LogP contribution in [0.2, 0.25) is 0 Å². The standard InChI is InChI=1S/C25H33N7O.HI/c1-20-28-29-24(30(20)2)18-27-25(26-17-21-9-11-23(33-3)12-10-21)32-15-13-31(14-16-32)19-22-7-5-4-6-8-22;/h4-12H,13-19H2,1-3H3,(H,26,27);1H. The molecule has 8 nitrogen and oxygen atoms in total. The second-order valence-electron chi connectivity index (χ2n) is 8.31. The summed E-state index contributed by atoms with van der Waals surface area (Å²) in [5.41, 5.74) is 2.50. The third-order valence-corrected chi connectivity index (χ3v) is 6.08. The predicted molar refractivity (Wildman–Crippen MR) is 145 cm³/mol. The van der Waals surface area contributed by atoms with Crippen LogP contribution in [0.25, 0.3) is 0 Å². The second-order valence-corrected chi connectivity index (χ2v) is 8.31. The van der Waals surface area contributed by atoms with E-state index in [1.165, 1.54) is 5.56 Å². The number of aromatic nitrogens is 3. The number of ether oxygens (including phenoxy) is 1. The van der Waals surface area contributed by atoms with Gasteiger partial charge in [-0.25, -0.2) is 4.99 Å². The van der Waals surface area contributed by atoms with E-state index in [1.807, 2.05) is 30.7 Å². The molecule has 0 saturated carbocycles. The molecular formula is C25H34IN7O. The molecule has 2 heterocycles. The highest BCUT2D eigenvalue weighted by Crippen LogP contribution is 2.13. The van der Waals surface area contributed by atoms with Crippen LogP contribution in [0.4, 0.5) is 0 Å². The van der Waals surface area contributed by atoms with Crippen molar-refractivity contribution in [3.05, 3.63) is 77.4 Å². The maximum Gasteiger partial charge on any atom is 0.194 e. The van der Waals surface area contributed by atoms with Gasteiger partial charge in [0, 0.05) is 39.8 Å². The average Bonchev–Trinajstić information content (AvgIpc) is 3.18. The van der Waals surface area contributed by atoms with Crippen molar-refractivity contribution in [3.63, 3.8) is 0 Å². The van der Waals surface area contributed by atoms with Gasteiger partial charge < -0.3 is 19.5 Å². The number of halogens is 1. The fourth-order valence-electron chi connectivity index (χ4n) is 3.89. The first-order valence-electron chi connectivity index (χ1n) is 11.4. The summed E-state index contributed by atoms with van der Waals surface area (Å²) >= 11 is 0. The van der Waals surface area contributed by atoms with Gasteiger partial charge in [0.15, 0.2) is 11.8 Å². The smallest absolute Gasteiger partial charge is 0.194 e. The van der Waals surface area contributed by atoms with E-state index in [1.54, 1.807) is 7.11 Å². The van der Waals surface area contributed by atoms with E-state index in [2.05, 4.69) is 67.8 Å². The Hall–Kier alpha value is -2.66. The molecule has 1 N–H and O–H groups in total. The third-order valence-electron chi connectivity index (χ3n) is 6.08. The molecule has 2 aromatic carbocycles. The number of aliphatic imine (C=N–C) groups is 1. The van der Waals surface area contributed by atoms with Crippen LogP contribution >= 0.6 is 24.0 Å². The molecular weight excluding hydrogens is 541 g/mol. The molecule has 0 spiro atoms. The summed E-state index contributed by atoms with van der Waals surface area (Å²) in [6, 6.07) is 18.7. The van der Waals surface area contributed by atoms with Gasteiger partial charge in [0.05, 0.1) is 20.2 Å². The fourth-order valence-corrected chi connectivity index (χ4v) is 3.89. The fraction of sp³-hybridized carbons (Fsp3) is 0.400. The van der Waals surface area contributed by atoms with Crippen molar-refractivity contribution in [1.29, 1.82) is 0 Å². The monoisotopic (exact) mass is 575 g/mol. The molecule has 1 aromatic heterocycles. The summed E-state index contributed by atoms with van der Waals surface area (Å²) in [7, 11) is 3.67. The summed E-state index contributed by atoms with van der Waals surface area (Å²) < 4.78 is 7.27. The minimum absolute atomic E-state index is 0. The Kier molecular flexibility index (Phi) is 9.70. The van der Waals surface area contributed by atoms with Gasteiger partial charge in [-0.15, -0.1) is 34.2 Å². The highest BCUT2D eigenvalue weighted by atomic mass is 127.